The van der Waals surface area contributed by atoms with Gasteiger partial charge in [-0.15, -0.1) is 0 Å². The lowest BCUT2D eigenvalue weighted by atomic mass is 10.2. The van der Waals surface area contributed by atoms with E-state index in [1.165, 1.54) is 48.6 Å². The Bertz CT molecular complexity index is 504. The van der Waals surface area contributed by atoms with E-state index < -0.39 is 0 Å². The van der Waals surface area contributed by atoms with Crippen molar-refractivity contribution in [2.45, 2.75) is 27.7 Å². The van der Waals surface area contributed by atoms with E-state index in [9.17, 15) is 0 Å². The molecule has 0 fully saturated rings. The van der Waals surface area contributed by atoms with Crippen molar-refractivity contribution >= 4 is 26.3 Å². The van der Waals surface area contributed by atoms with E-state index >= 15 is 0 Å². The van der Waals surface area contributed by atoms with E-state index in [0.29, 0.717) is 0 Å². The van der Waals surface area contributed by atoms with Gasteiger partial charge in [0.25, 0.3) is 0 Å². The first-order chi connectivity index (χ1) is 8.59. The van der Waals surface area contributed by atoms with E-state index in [0.717, 1.165) is 0 Å². The van der Waals surface area contributed by atoms with Gasteiger partial charge in [0.05, 0.1) is 0 Å². The molecular weight excluding hydrogens is 254 g/mol. The van der Waals surface area contributed by atoms with Crippen molar-refractivity contribution in [1.82, 2.24) is 0 Å². The molecule has 0 atom stereocenters. The van der Waals surface area contributed by atoms with Gasteiger partial charge < -0.3 is 0 Å². The monoisotopic (exact) mass is 272 g/mol. The van der Waals surface area contributed by atoms with Crippen molar-refractivity contribution in [2.75, 3.05) is 0 Å². The van der Waals surface area contributed by atoms with Crippen LogP contribution in [0.4, 0.5) is 0 Å². The third kappa shape index (κ3) is 2.89. The molecule has 92 valence electrons. The first kappa shape index (κ1) is 13.5. The number of hydrogen-bond donors (Lipinski definition) is 0. The van der Waals surface area contributed by atoms with E-state index in [2.05, 4.69) is 64.1 Å². The quantitative estimate of drug-likeness (QED) is 0.696. The van der Waals surface area contributed by atoms with Crippen LogP contribution in [0, 0.1) is 27.7 Å². The Balaban J connectivity index is 2.43. The second-order valence-electron chi connectivity index (χ2n) is 4.68. The van der Waals surface area contributed by atoms with E-state index in [-0.39, 0.29) is 0 Å². The van der Waals surface area contributed by atoms with E-state index in [4.69, 9.17) is 0 Å². The molecule has 0 amide bonds. The highest BCUT2D eigenvalue weighted by Gasteiger charge is 2.01. The molecule has 0 aliphatic carbocycles. The van der Waals surface area contributed by atoms with Crippen LogP contribution >= 0.6 is 15.7 Å². The summed E-state index contributed by atoms with van der Waals surface area (Å²) >= 11 is 0. The van der Waals surface area contributed by atoms with Gasteiger partial charge in [-0.25, -0.2) is 0 Å². The Morgan fingerprint density at radius 3 is 1.11 bits per heavy atom. The predicted molar refractivity (Wildman–Crippen MR) is 84.9 cm³/mol. The van der Waals surface area contributed by atoms with E-state index in [1.54, 1.807) is 0 Å². The normalized spacial score (nSPS) is 11.1. The minimum atomic E-state index is 1.39. The summed E-state index contributed by atoms with van der Waals surface area (Å²) < 4.78 is 0. The highest BCUT2D eigenvalue weighted by Crippen LogP contribution is 2.22. The fourth-order valence-electron chi connectivity index (χ4n) is 2.03. The Morgan fingerprint density at radius 1 is 0.556 bits per heavy atom. The summed E-state index contributed by atoms with van der Waals surface area (Å²) in [7, 11) is 2.77. The summed E-state index contributed by atoms with van der Waals surface area (Å²) in [6, 6.07) is 13.1. The number of aryl methyl sites for hydroxylation is 4. The summed E-state index contributed by atoms with van der Waals surface area (Å²) in [4.78, 5) is 0. The second kappa shape index (κ2) is 5.79. The van der Waals surface area contributed by atoms with Gasteiger partial charge in [-0.1, -0.05) is 36.4 Å². The SMILES string of the molecule is Cc1cccc(C)c1P=Pc1c(C)cccc1C. The lowest BCUT2D eigenvalue weighted by Gasteiger charge is -2.05. The minimum absolute atomic E-state index is 1.39. The van der Waals surface area contributed by atoms with Gasteiger partial charge in [0, 0.05) is 10.6 Å². The van der Waals surface area contributed by atoms with Crippen molar-refractivity contribution < 1.29 is 0 Å². The van der Waals surface area contributed by atoms with Crippen LogP contribution in [0.2, 0.25) is 0 Å². The molecule has 2 rings (SSSR count). The van der Waals surface area contributed by atoms with Crippen molar-refractivity contribution in [2.24, 2.45) is 0 Å². The van der Waals surface area contributed by atoms with Gasteiger partial charge in [0.15, 0.2) is 0 Å². The lowest BCUT2D eigenvalue weighted by molar-refractivity contribution is 1.44. The molecule has 18 heavy (non-hydrogen) atoms. The van der Waals surface area contributed by atoms with E-state index in [1.807, 2.05) is 0 Å². The molecule has 0 saturated carbocycles. The average Bonchev–Trinajstić information content (AvgIpc) is 2.31. The number of hydrogen-bond acceptors (Lipinski definition) is 0. The third-order valence-corrected chi connectivity index (χ3v) is 6.54. The molecule has 0 radical (unpaired) electrons. The fourth-order valence-corrected chi connectivity index (χ4v) is 5.65. The van der Waals surface area contributed by atoms with Gasteiger partial charge >= 0.3 is 0 Å². The first-order valence-corrected chi connectivity index (χ1v) is 8.63. The highest BCUT2D eigenvalue weighted by molar-refractivity contribution is 7.91. The molecule has 0 nitrogen and oxygen atoms in total. The summed E-state index contributed by atoms with van der Waals surface area (Å²) in [5.74, 6) is 0. The number of rotatable bonds is 2. The van der Waals surface area contributed by atoms with Crippen molar-refractivity contribution in [3.8, 4) is 0 Å². The van der Waals surface area contributed by atoms with Crippen molar-refractivity contribution in [1.29, 1.82) is 0 Å². The van der Waals surface area contributed by atoms with Crippen LogP contribution in [0.1, 0.15) is 22.3 Å². The summed E-state index contributed by atoms with van der Waals surface area (Å²) in [5, 5.41) is 2.95. The van der Waals surface area contributed by atoms with Crippen molar-refractivity contribution in [3.05, 3.63) is 58.7 Å². The maximum Gasteiger partial charge on any atom is 0.0122 e. The fraction of sp³-hybridized carbons (Fsp3) is 0.250. The topological polar surface area (TPSA) is 0 Å². The average molecular weight is 272 g/mol. The van der Waals surface area contributed by atoms with Gasteiger partial charge in [-0.2, -0.15) is 0 Å². The van der Waals surface area contributed by atoms with Gasteiger partial charge in [0.2, 0.25) is 0 Å². The summed E-state index contributed by atoms with van der Waals surface area (Å²) in [6.45, 7) is 8.82. The van der Waals surface area contributed by atoms with Crippen LogP contribution < -0.4 is 10.6 Å². The number of benzene rings is 2. The molecule has 0 aromatic heterocycles. The summed E-state index contributed by atoms with van der Waals surface area (Å²) in [6.07, 6.45) is 0. The van der Waals surface area contributed by atoms with Crippen LogP contribution in [0.3, 0.4) is 0 Å². The minimum Gasteiger partial charge on any atom is -0.0617 e. The zero-order valence-corrected chi connectivity index (χ0v) is 13.1. The molecule has 2 aromatic rings. The maximum atomic E-state index is 2.20. The Hall–Kier alpha value is -0.960. The zero-order chi connectivity index (χ0) is 13.1. The molecule has 2 aromatic carbocycles. The Kier molecular flexibility index (Phi) is 4.33. The molecule has 0 aliphatic rings. The molecule has 0 spiro atoms. The molecule has 0 aliphatic heterocycles. The van der Waals surface area contributed by atoms with Crippen LogP contribution in [0.15, 0.2) is 36.4 Å². The maximum absolute atomic E-state index is 2.20. The van der Waals surface area contributed by atoms with Crippen LogP contribution in [-0.4, -0.2) is 0 Å². The molecule has 0 heterocycles. The van der Waals surface area contributed by atoms with Crippen LogP contribution in [0.25, 0.3) is 0 Å². The molecule has 0 bridgehead atoms. The molecule has 0 unspecified atom stereocenters. The standard InChI is InChI=1S/C16H18P2/c1-11-7-5-8-12(2)15(11)17-18-16-13(3)9-6-10-14(16)4/h5-10H,1-4H3. The molecule has 0 N–H and O–H groups in total. The van der Waals surface area contributed by atoms with Crippen LogP contribution in [0.5, 0.6) is 0 Å². The summed E-state index contributed by atoms with van der Waals surface area (Å²) in [5.41, 5.74) is 5.59. The second-order valence-corrected chi connectivity index (χ2v) is 7.18. The Morgan fingerprint density at radius 2 is 0.833 bits per heavy atom. The predicted octanol–water partition coefficient (Wildman–Crippen LogP) is 4.68. The zero-order valence-electron chi connectivity index (χ0n) is 11.4. The largest absolute Gasteiger partial charge is 0.0617 e. The van der Waals surface area contributed by atoms with Crippen LogP contribution in [-0.2, 0) is 0 Å². The first-order valence-electron chi connectivity index (χ1n) is 6.14. The Labute approximate surface area is 113 Å². The smallest absolute Gasteiger partial charge is 0.0122 e. The molecule has 2 heteroatoms. The van der Waals surface area contributed by atoms with Crippen molar-refractivity contribution in [3.63, 3.8) is 0 Å². The lowest BCUT2D eigenvalue weighted by Crippen LogP contribution is -2.04. The van der Waals surface area contributed by atoms with Gasteiger partial charge in [-0.05, 0) is 65.7 Å². The highest BCUT2D eigenvalue weighted by atomic mass is 31.7. The molecule has 0 saturated heterocycles. The van der Waals surface area contributed by atoms with Gasteiger partial charge in [0.1, 0.15) is 0 Å². The van der Waals surface area contributed by atoms with Gasteiger partial charge in [-0.3, -0.25) is 0 Å². The molecular formula is C16H18P2. The third-order valence-electron chi connectivity index (χ3n) is 3.13.